The number of nitrogens with zero attached hydrogens (tertiary/aromatic N) is 1. The largest absolute Gasteiger partial charge is 0.483 e. The Hall–Kier alpha value is -2.75. The van der Waals surface area contributed by atoms with Gasteiger partial charge in [-0.1, -0.05) is 47.6 Å². The van der Waals surface area contributed by atoms with Crippen LogP contribution in [0.5, 0.6) is 5.75 Å². The molecule has 0 aliphatic rings. The van der Waals surface area contributed by atoms with Gasteiger partial charge in [0.2, 0.25) is 0 Å². The number of anilines is 1. The lowest BCUT2D eigenvalue weighted by Crippen LogP contribution is -1.97. The number of nitrogens with two attached hydrogens (primary N) is 1. The summed E-state index contributed by atoms with van der Waals surface area (Å²) in [6, 6.07) is 19.1. The lowest BCUT2D eigenvalue weighted by atomic mass is 10.1. The number of rotatable bonds is 4. The van der Waals surface area contributed by atoms with E-state index in [2.05, 4.69) is 5.16 Å². The molecule has 1 heterocycles. The van der Waals surface area contributed by atoms with Crippen LogP contribution in [0.3, 0.4) is 0 Å². The molecule has 2 N–H and O–H groups in total. The average molecular weight is 266 g/mol. The van der Waals surface area contributed by atoms with Crippen molar-refractivity contribution in [3.8, 4) is 17.0 Å². The molecule has 0 unspecified atom stereocenters. The predicted octanol–water partition coefficient (Wildman–Crippen LogP) is 3.50. The van der Waals surface area contributed by atoms with E-state index in [9.17, 15) is 0 Å². The summed E-state index contributed by atoms with van der Waals surface area (Å²) in [6.07, 6.45) is 0. The van der Waals surface area contributed by atoms with Crippen molar-refractivity contribution < 1.29 is 9.26 Å². The van der Waals surface area contributed by atoms with Crippen LogP contribution in [-0.2, 0) is 6.61 Å². The van der Waals surface area contributed by atoms with E-state index in [1.54, 1.807) is 6.07 Å². The number of hydrogen-bond donors (Lipinski definition) is 1. The average Bonchev–Trinajstić information content (AvgIpc) is 2.96. The fourth-order valence-electron chi connectivity index (χ4n) is 1.89. The second-order valence-electron chi connectivity index (χ2n) is 4.37. The Labute approximate surface area is 116 Å². The summed E-state index contributed by atoms with van der Waals surface area (Å²) >= 11 is 0. The molecule has 20 heavy (non-hydrogen) atoms. The lowest BCUT2D eigenvalue weighted by molar-refractivity contribution is 0.250. The van der Waals surface area contributed by atoms with E-state index < -0.39 is 0 Å². The van der Waals surface area contributed by atoms with Gasteiger partial charge in [-0.05, 0) is 12.1 Å². The van der Waals surface area contributed by atoms with E-state index in [4.69, 9.17) is 15.0 Å². The number of aromatic nitrogens is 1. The number of ether oxygens (including phenoxy) is 1. The summed E-state index contributed by atoms with van der Waals surface area (Å²) in [4.78, 5) is 0. The van der Waals surface area contributed by atoms with Gasteiger partial charge in [0.1, 0.15) is 18.1 Å². The molecule has 3 rings (SSSR count). The highest BCUT2D eigenvalue weighted by Crippen LogP contribution is 2.23. The topological polar surface area (TPSA) is 61.3 Å². The smallest absolute Gasteiger partial charge is 0.174 e. The van der Waals surface area contributed by atoms with Crippen molar-refractivity contribution in [1.29, 1.82) is 0 Å². The van der Waals surface area contributed by atoms with Crippen molar-refractivity contribution in [2.24, 2.45) is 0 Å². The minimum Gasteiger partial charge on any atom is -0.483 e. The number of hydrogen-bond acceptors (Lipinski definition) is 4. The SMILES string of the molecule is Nc1ccccc1OCc1cc(-c2ccccc2)no1. The first-order valence-corrected chi connectivity index (χ1v) is 6.31. The molecule has 0 aliphatic carbocycles. The van der Waals surface area contributed by atoms with Crippen LogP contribution < -0.4 is 10.5 Å². The minimum absolute atomic E-state index is 0.300. The molecule has 0 atom stereocenters. The summed E-state index contributed by atoms with van der Waals surface area (Å²) in [7, 11) is 0. The molecule has 0 fully saturated rings. The van der Waals surface area contributed by atoms with Gasteiger partial charge in [0.05, 0.1) is 5.69 Å². The first-order chi connectivity index (χ1) is 9.83. The standard InChI is InChI=1S/C16H14N2O2/c17-14-8-4-5-9-16(14)19-11-13-10-15(18-20-13)12-6-2-1-3-7-12/h1-10H,11,17H2. The van der Waals surface area contributed by atoms with Crippen LogP contribution in [0.1, 0.15) is 5.76 Å². The normalized spacial score (nSPS) is 10.4. The van der Waals surface area contributed by atoms with Crippen LogP contribution >= 0.6 is 0 Å². The van der Waals surface area contributed by atoms with E-state index in [1.165, 1.54) is 0 Å². The number of para-hydroxylation sites is 2. The van der Waals surface area contributed by atoms with E-state index in [-0.39, 0.29) is 0 Å². The Bertz CT molecular complexity index is 692. The van der Waals surface area contributed by atoms with Crippen LogP contribution in [0.25, 0.3) is 11.3 Å². The maximum atomic E-state index is 5.81. The summed E-state index contributed by atoms with van der Waals surface area (Å²) in [5.41, 5.74) is 8.23. The molecular formula is C16H14N2O2. The van der Waals surface area contributed by atoms with Crippen molar-refractivity contribution in [2.75, 3.05) is 5.73 Å². The van der Waals surface area contributed by atoms with E-state index in [0.29, 0.717) is 23.8 Å². The molecule has 0 saturated carbocycles. The van der Waals surface area contributed by atoms with Crippen molar-refractivity contribution in [2.45, 2.75) is 6.61 Å². The quantitative estimate of drug-likeness (QED) is 0.734. The monoisotopic (exact) mass is 266 g/mol. The van der Waals surface area contributed by atoms with Crippen molar-refractivity contribution >= 4 is 5.69 Å². The Morgan fingerprint density at radius 1 is 1.00 bits per heavy atom. The summed E-state index contributed by atoms with van der Waals surface area (Å²) < 4.78 is 10.9. The molecular weight excluding hydrogens is 252 g/mol. The lowest BCUT2D eigenvalue weighted by Gasteiger charge is -2.05. The zero-order valence-corrected chi connectivity index (χ0v) is 10.8. The molecule has 2 aromatic carbocycles. The van der Waals surface area contributed by atoms with Crippen LogP contribution in [-0.4, -0.2) is 5.16 Å². The second kappa shape index (κ2) is 5.48. The summed E-state index contributed by atoms with van der Waals surface area (Å²) in [6.45, 7) is 0.300. The molecule has 0 amide bonds. The molecule has 100 valence electrons. The van der Waals surface area contributed by atoms with Gasteiger partial charge in [-0.15, -0.1) is 0 Å². The maximum Gasteiger partial charge on any atom is 0.174 e. The van der Waals surface area contributed by atoms with E-state index >= 15 is 0 Å². The second-order valence-corrected chi connectivity index (χ2v) is 4.37. The fourth-order valence-corrected chi connectivity index (χ4v) is 1.89. The third kappa shape index (κ3) is 2.64. The van der Waals surface area contributed by atoms with Gasteiger partial charge in [-0.3, -0.25) is 0 Å². The van der Waals surface area contributed by atoms with Crippen LogP contribution in [0.15, 0.2) is 65.2 Å². The molecule has 4 heteroatoms. The first-order valence-electron chi connectivity index (χ1n) is 6.31. The van der Waals surface area contributed by atoms with Gasteiger partial charge < -0.3 is 15.0 Å². The predicted molar refractivity (Wildman–Crippen MR) is 77.1 cm³/mol. The zero-order chi connectivity index (χ0) is 13.8. The Morgan fingerprint density at radius 2 is 1.75 bits per heavy atom. The highest BCUT2D eigenvalue weighted by molar-refractivity contribution is 5.58. The molecule has 1 aromatic heterocycles. The highest BCUT2D eigenvalue weighted by atomic mass is 16.5. The van der Waals surface area contributed by atoms with Crippen LogP contribution in [0, 0.1) is 0 Å². The summed E-state index contributed by atoms with van der Waals surface area (Å²) in [5.74, 6) is 1.30. The number of nitrogen functional groups attached to an aromatic ring is 1. The molecule has 0 saturated heterocycles. The highest BCUT2D eigenvalue weighted by Gasteiger charge is 2.07. The van der Waals surface area contributed by atoms with Crippen molar-refractivity contribution in [3.63, 3.8) is 0 Å². The Balaban J connectivity index is 1.71. The van der Waals surface area contributed by atoms with Gasteiger partial charge in [0.15, 0.2) is 5.76 Å². The minimum atomic E-state index is 0.300. The van der Waals surface area contributed by atoms with Gasteiger partial charge in [-0.2, -0.15) is 0 Å². The van der Waals surface area contributed by atoms with Crippen LogP contribution in [0.2, 0.25) is 0 Å². The molecule has 0 bridgehead atoms. The van der Waals surface area contributed by atoms with Gasteiger partial charge in [0.25, 0.3) is 0 Å². The molecule has 0 aliphatic heterocycles. The van der Waals surface area contributed by atoms with Crippen molar-refractivity contribution in [1.82, 2.24) is 5.16 Å². The third-order valence-corrected chi connectivity index (χ3v) is 2.92. The molecule has 4 nitrogen and oxygen atoms in total. The summed E-state index contributed by atoms with van der Waals surface area (Å²) in [5, 5.41) is 4.03. The Morgan fingerprint density at radius 3 is 2.55 bits per heavy atom. The van der Waals surface area contributed by atoms with Crippen molar-refractivity contribution in [3.05, 3.63) is 66.4 Å². The van der Waals surface area contributed by atoms with E-state index in [1.807, 2.05) is 54.6 Å². The van der Waals surface area contributed by atoms with Crippen LogP contribution in [0.4, 0.5) is 5.69 Å². The Kier molecular flexibility index (Phi) is 3.37. The molecule has 0 spiro atoms. The number of benzene rings is 2. The first kappa shape index (κ1) is 12.3. The molecule has 0 radical (unpaired) electrons. The van der Waals surface area contributed by atoms with Gasteiger partial charge >= 0.3 is 0 Å². The molecule has 3 aromatic rings. The van der Waals surface area contributed by atoms with Gasteiger partial charge in [0, 0.05) is 11.6 Å². The van der Waals surface area contributed by atoms with E-state index in [0.717, 1.165) is 11.3 Å². The van der Waals surface area contributed by atoms with Gasteiger partial charge in [-0.25, -0.2) is 0 Å². The fraction of sp³-hybridized carbons (Fsp3) is 0.0625. The maximum absolute atomic E-state index is 5.81. The zero-order valence-electron chi connectivity index (χ0n) is 10.8. The third-order valence-electron chi connectivity index (χ3n) is 2.92.